The standard InChI is InChI=1S/C15H23FN2O/c1-11-8-18(10-15(2,3)19-11)9-13-6-12(7-17)4-5-14(13)16/h4-6,11H,7-10,17H2,1-3H3. The van der Waals surface area contributed by atoms with E-state index in [0.29, 0.717) is 18.7 Å². The SMILES string of the molecule is CC1CN(Cc2cc(CN)ccc2F)CC(C)(C)O1. The summed E-state index contributed by atoms with van der Waals surface area (Å²) in [6.07, 6.45) is 0.171. The highest BCUT2D eigenvalue weighted by molar-refractivity contribution is 5.25. The maximum Gasteiger partial charge on any atom is 0.127 e. The van der Waals surface area contributed by atoms with E-state index >= 15 is 0 Å². The number of benzene rings is 1. The average molecular weight is 266 g/mol. The van der Waals surface area contributed by atoms with E-state index in [2.05, 4.69) is 25.7 Å². The minimum Gasteiger partial charge on any atom is -0.370 e. The highest BCUT2D eigenvalue weighted by Gasteiger charge is 2.31. The van der Waals surface area contributed by atoms with Crippen LogP contribution in [0.5, 0.6) is 0 Å². The number of nitrogens with two attached hydrogens (primary N) is 1. The van der Waals surface area contributed by atoms with Gasteiger partial charge in [-0.1, -0.05) is 12.1 Å². The van der Waals surface area contributed by atoms with Crippen LogP contribution in [0.2, 0.25) is 0 Å². The molecule has 4 heteroatoms. The Balaban J connectivity index is 2.12. The zero-order valence-corrected chi connectivity index (χ0v) is 11.9. The summed E-state index contributed by atoms with van der Waals surface area (Å²) < 4.78 is 19.7. The lowest BCUT2D eigenvalue weighted by molar-refractivity contribution is -0.130. The van der Waals surface area contributed by atoms with Gasteiger partial charge in [-0.05, 0) is 32.4 Å². The first-order valence-electron chi connectivity index (χ1n) is 6.77. The van der Waals surface area contributed by atoms with Crippen molar-refractivity contribution in [3.63, 3.8) is 0 Å². The molecule has 1 fully saturated rings. The number of nitrogens with zero attached hydrogens (tertiary/aromatic N) is 1. The van der Waals surface area contributed by atoms with E-state index in [1.807, 2.05) is 6.07 Å². The molecule has 0 saturated carbocycles. The predicted molar refractivity (Wildman–Crippen MR) is 74.2 cm³/mol. The highest BCUT2D eigenvalue weighted by Crippen LogP contribution is 2.23. The van der Waals surface area contributed by atoms with E-state index in [1.54, 1.807) is 6.07 Å². The van der Waals surface area contributed by atoms with Gasteiger partial charge in [0.1, 0.15) is 5.82 Å². The molecule has 0 radical (unpaired) electrons. The zero-order chi connectivity index (χ0) is 14.0. The first kappa shape index (κ1) is 14.4. The largest absolute Gasteiger partial charge is 0.370 e. The van der Waals surface area contributed by atoms with Crippen LogP contribution in [-0.2, 0) is 17.8 Å². The van der Waals surface area contributed by atoms with Crippen LogP contribution in [0.3, 0.4) is 0 Å². The Labute approximate surface area is 114 Å². The van der Waals surface area contributed by atoms with Crippen LogP contribution in [0.25, 0.3) is 0 Å². The van der Waals surface area contributed by atoms with Gasteiger partial charge in [-0.2, -0.15) is 0 Å². The summed E-state index contributed by atoms with van der Waals surface area (Å²) in [6, 6.07) is 5.11. The van der Waals surface area contributed by atoms with E-state index in [0.717, 1.165) is 18.7 Å². The molecule has 2 rings (SSSR count). The first-order valence-corrected chi connectivity index (χ1v) is 6.77. The zero-order valence-electron chi connectivity index (χ0n) is 11.9. The monoisotopic (exact) mass is 266 g/mol. The molecule has 1 heterocycles. The van der Waals surface area contributed by atoms with Gasteiger partial charge in [-0.25, -0.2) is 4.39 Å². The Bertz CT molecular complexity index is 448. The van der Waals surface area contributed by atoms with Crippen molar-refractivity contribution in [1.29, 1.82) is 0 Å². The van der Waals surface area contributed by atoms with Gasteiger partial charge in [-0.3, -0.25) is 4.90 Å². The second kappa shape index (κ2) is 5.57. The van der Waals surface area contributed by atoms with Crippen LogP contribution in [0.4, 0.5) is 4.39 Å². The van der Waals surface area contributed by atoms with Crippen LogP contribution in [-0.4, -0.2) is 29.7 Å². The van der Waals surface area contributed by atoms with Crippen LogP contribution in [0.1, 0.15) is 31.9 Å². The molecular weight excluding hydrogens is 243 g/mol. The summed E-state index contributed by atoms with van der Waals surface area (Å²) in [5.41, 5.74) is 7.12. The van der Waals surface area contributed by atoms with Gasteiger partial charge in [0.25, 0.3) is 0 Å². The third kappa shape index (κ3) is 3.75. The van der Waals surface area contributed by atoms with Crippen LogP contribution >= 0.6 is 0 Å². The molecule has 3 nitrogen and oxygen atoms in total. The van der Waals surface area contributed by atoms with Crippen molar-refractivity contribution < 1.29 is 9.13 Å². The molecule has 1 aliphatic heterocycles. The number of ether oxygens (including phenoxy) is 1. The Morgan fingerprint density at radius 2 is 2.21 bits per heavy atom. The van der Waals surface area contributed by atoms with E-state index < -0.39 is 0 Å². The summed E-state index contributed by atoms with van der Waals surface area (Å²) in [5, 5.41) is 0. The van der Waals surface area contributed by atoms with Gasteiger partial charge in [0, 0.05) is 31.7 Å². The second-order valence-corrected chi connectivity index (χ2v) is 5.99. The van der Waals surface area contributed by atoms with Gasteiger partial charge < -0.3 is 10.5 Å². The Morgan fingerprint density at radius 1 is 1.47 bits per heavy atom. The Kier molecular flexibility index (Phi) is 4.23. The molecule has 1 aromatic rings. The fourth-order valence-corrected chi connectivity index (χ4v) is 2.82. The van der Waals surface area contributed by atoms with Crippen LogP contribution in [0, 0.1) is 5.82 Å². The van der Waals surface area contributed by atoms with E-state index in [-0.39, 0.29) is 17.5 Å². The molecule has 2 N–H and O–H groups in total. The van der Waals surface area contributed by atoms with Crippen molar-refractivity contribution in [2.75, 3.05) is 13.1 Å². The summed E-state index contributed by atoms with van der Waals surface area (Å²) in [6.45, 7) is 8.89. The molecule has 0 amide bonds. The molecule has 1 saturated heterocycles. The molecule has 0 aromatic heterocycles. The fourth-order valence-electron chi connectivity index (χ4n) is 2.82. The minimum absolute atomic E-state index is 0.158. The topological polar surface area (TPSA) is 38.5 Å². The van der Waals surface area contributed by atoms with Gasteiger partial charge in [0.05, 0.1) is 11.7 Å². The lowest BCUT2D eigenvalue weighted by atomic mass is 10.0. The highest BCUT2D eigenvalue weighted by atomic mass is 19.1. The molecule has 0 aliphatic carbocycles. The molecule has 1 unspecified atom stereocenters. The lowest BCUT2D eigenvalue weighted by Gasteiger charge is -2.41. The second-order valence-electron chi connectivity index (χ2n) is 5.99. The number of rotatable bonds is 3. The molecule has 0 bridgehead atoms. The van der Waals surface area contributed by atoms with Crippen LogP contribution < -0.4 is 5.73 Å². The van der Waals surface area contributed by atoms with Crippen molar-refractivity contribution in [2.24, 2.45) is 5.73 Å². The van der Waals surface area contributed by atoms with E-state index in [4.69, 9.17) is 10.5 Å². The van der Waals surface area contributed by atoms with Crippen molar-refractivity contribution in [3.05, 3.63) is 35.1 Å². The number of morpholine rings is 1. The van der Waals surface area contributed by atoms with Gasteiger partial charge >= 0.3 is 0 Å². The van der Waals surface area contributed by atoms with Gasteiger partial charge in [0.2, 0.25) is 0 Å². The molecule has 0 spiro atoms. The summed E-state index contributed by atoms with van der Waals surface area (Å²) in [7, 11) is 0. The van der Waals surface area contributed by atoms with E-state index in [9.17, 15) is 4.39 Å². The minimum atomic E-state index is -0.181. The first-order chi connectivity index (χ1) is 8.89. The van der Waals surface area contributed by atoms with Gasteiger partial charge in [0.15, 0.2) is 0 Å². The Hall–Kier alpha value is -0.970. The Morgan fingerprint density at radius 3 is 2.84 bits per heavy atom. The number of hydrogen-bond donors (Lipinski definition) is 1. The molecule has 1 atom stereocenters. The summed E-state index contributed by atoms with van der Waals surface area (Å²) in [4.78, 5) is 2.24. The van der Waals surface area contributed by atoms with Crippen molar-refractivity contribution in [1.82, 2.24) is 4.90 Å². The van der Waals surface area contributed by atoms with Crippen molar-refractivity contribution in [2.45, 2.75) is 45.6 Å². The summed E-state index contributed by atoms with van der Waals surface area (Å²) >= 11 is 0. The molecule has 19 heavy (non-hydrogen) atoms. The van der Waals surface area contributed by atoms with Crippen LogP contribution in [0.15, 0.2) is 18.2 Å². The number of halogens is 1. The van der Waals surface area contributed by atoms with Crippen molar-refractivity contribution >= 4 is 0 Å². The average Bonchev–Trinajstić information content (AvgIpc) is 2.29. The third-order valence-electron chi connectivity index (χ3n) is 3.38. The molecular formula is C15H23FN2O. The predicted octanol–water partition coefficient (Wildman–Crippen LogP) is 2.28. The molecule has 1 aliphatic rings. The summed E-state index contributed by atoms with van der Waals surface area (Å²) in [5.74, 6) is -0.158. The normalized spacial score (nSPS) is 23.5. The number of hydrogen-bond acceptors (Lipinski definition) is 3. The fraction of sp³-hybridized carbons (Fsp3) is 0.600. The lowest BCUT2D eigenvalue weighted by Crippen LogP contribution is -2.51. The molecule has 106 valence electrons. The van der Waals surface area contributed by atoms with Crippen molar-refractivity contribution in [3.8, 4) is 0 Å². The maximum absolute atomic E-state index is 13.9. The molecule has 1 aromatic carbocycles. The maximum atomic E-state index is 13.9. The van der Waals surface area contributed by atoms with E-state index in [1.165, 1.54) is 6.07 Å². The smallest absolute Gasteiger partial charge is 0.127 e. The third-order valence-corrected chi connectivity index (χ3v) is 3.38. The quantitative estimate of drug-likeness (QED) is 0.912. The van der Waals surface area contributed by atoms with Gasteiger partial charge in [-0.15, -0.1) is 0 Å².